The number of aromatic nitrogens is 5. The molecule has 3 rings (SSSR count). The van der Waals surface area contributed by atoms with E-state index in [2.05, 4.69) is 31.4 Å². The summed E-state index contributed by atoms with van der Waals surface area (Å²) in [5.41, 5.74) is 1.71. The maximum absolute atomic E-state index is 8.69. The van der Waals surface area contributed by atoms with Gasteiger partial charge in [0, 0.05) is 37.5 Å². The molecule has 0 fully saturated rings. The zero-order valence-electron chi connectivity index (χ0n) is 13.5. The van der Waals surface area contributed by atoms with Crippen molar-refractivity contribution in [1.82, 2.24) is 24.7 Å². The van der Waals surface area contributed by atoms with E-state index in [9.17, 15) is 0 Å². The molecule has 0 saturated heterocycles. The summed E-state index contributed by atoms with van der Waals surface area (Å²) in [5.74, 6) is 0.554. The second-order valence-corrected chi connectivity index (χ2v) is 4.88. The van der Waals surface area contributed by atoms with Crippen molar-refractivity contribution in [2.24, 2.45) is 0 Å². The van der Waals surface area contributed by atoms with Gasteiger partial charge in [-0.25, -0.2) is 9.97 Å². The van der Waals surface area contributed by atoms with E-state index in [1.807, 2.05) is 42.1 Å². The van der Waals surface area contributed by atoms with Crippen LogP contribution in [0.5, 0.6) is 0 Å². The minimum Gasteiger partial charge on any atom is -0.352 e. The molecule has 122 valence electrons. The van der Waals surface area contributed by atoms with Gasteiger partial charge >= 0.3 is 0 Å². The van der Waals surface area contributed by atoms with Crippen molar-refractivity contribution >= 4 is 5.95 Å². The lowest BCUT2D eigenvalue weighted by molar-refractivity contribution is 0.636. The van der Waals surface area contributed by atoms with Gasteiger partial charge < -0.3 is 5.32 Å². The summed E-state index contributed by atoms with van der Waals surface area (Å²) in [7, 11) is 0. The SMILES string of the molecule is Cc1cnc(NCCn2cccn2)nc1CC#N.c1ccncc1. The van der Waals surface area contributed by atoms with Gasteiger partial charge in [-0.1, -0.05) is 6.07 Å². The molecule has 0 spiro atoms. The molecule has 24 heavy (non-hydrogen) atoms. The Morgan fingerprint density at radius 3 is 2.58 bits per heavy atom. The number of nitriles is 1. The van der Waals surface area contributed by atoms with Crippen LogP contribution in [0.25, 0.3) is 0 Å². The highest BCUT2D eigenvalue weighted by Crippen LogP contribution is 2.07. The largest absolute Gasteiger partial charge is 0.352 e. The van der Waals surface area contributed by atoms with Crippen LogP contribution in [0, 0.1) is 18.3 Å². The lowest BCUT2D eigenvalue weighted by atomic mass is 10.2. The normalized spacial score (nSPS) is 9.50. The van der Waals surface area contributed by atoms with Gasteiger partial charge in [0.2, 0.25) is 5.95 Å². The molecule has 0 bridgehead atoms. The summed E-state index contributed by atoms with van der Waals surface area (Å²) in [5, 5.41) is 15.9. The fraction of sp³-hybridized carbons (Fsp3) is 0.235. The number of anilines is 1. The summed E-state index contributed by atoms with van der Waals surface area (Å²) in [4.78, 5) is 12.3. The van der Waals surface area contributed by atoms with Crippen LogP contribution in [0.1, 0.15) is 11.3 Å². The van der Waals surface area contributed by atoms with E-state index < -0.39 is 0 Å². The highest BCUT2D eigenvalue weighted by molar-refractivity contribution is 5.30. The first-order valence-corrected chi connectivity index (χ1v) is 7.55. The molecule has 3 aromatic heterocycles. The summed E-state index contributed by atoms with van der Waals surface area (Å²) < 4.78 is 1.83. The molecule has 0 saturated carbocycles. The molecule has 0 amide bonds. The summed E-state index contributed by atoms with van der Waals surface area (Å²) in [6, 6.07) is 9.70. The maximum Gasteiger partial charge on any atom is 0.222 e. The molecule has 0 aliphatic carbocycles. The molecule has 0 atom stereocenters. The average Bonchev–Trinajstić information content (AvgIpc) is 3.13. The Morgan fingerprint density at radius 1 is 1.17 bits per heavy atom. The van der Waals surface area contributed by atoms with Gasteiger partial charge in [-0.2, -0.15) is 10.4 Å². The van der Waals surface area contributed by atoms with Gasteiger partial charge in [-0.05, 0) is 30.7 Å². The first-order chi connectivity index (χ1) is 11.8. The Balaban J connectivity index is 0.000000292. The van der Waals surface area contributed by atoms with Crippen molar-refractivity contribution in [3.8, 4) is 6.07 Å². The number of hydrogen-bond acceptors (Lipinski definition) is 6. The zero-order valence-corrected chi connectivity index (χ0v) is 13.5. The molecule has 0 radical (unpaired) electrons. The fourth-order valence-electron chi connectivity index (χ4n) is 1.84. The van der Waals surface area contributed by atoms with E-state index in [1.165, 1.54) is 0 Å². The topological polar surface area (TPSA) is 92.3 Å². The summed E-state index contributed by atoms with van der Waals surface area (Å²) in [6.07, 6.45) is 9.18. The minimum atomic E-state index is 0.308. The molecule has 7 nitrogen and oxygen atoms in total. The van der Waals surface area contributed by atoms with Crippen LogP contribution in [-0.2, 0) is 13.0 Å². The van der Waals surface area contributed by atoms with Gasteiger partial charge in [-0.15, -0.1) is 0 Å². The van der Waals surface area contributed by atoms with E-state index in [0.29, 0.717) is 18.9 Å². The highest BCUT2D eigenvalue weighted by atomic mass is 15.3. The van der Waals surface area contributed by atoms with Crippen LogP contribution < -0.4 is 5.32 Å². The van der Waals surface area contributed by atoms with Crippen LogP contribution in [0.4, 0.5) is 5.95 Å². The van der Waals surface area contributed by atoms with Crippen molar-refractivity contribution in [3.05, 3.63) is 66.5 Å². The number of rotatable bonds is 5. The van der Waals surface area contributed by atoms with E-state index in [0.717, 1.165) is 17.8 Å². The third-order valence-corrected chi connectivity index (χ3v) is 3.07. The zero-order chi connectivity index (χ0) is 17.0. The van der Waals surface area contributed by atoms with Crippen molar-refractivity contribution in [3.63, 3.8) is 0 Å². The fourth-order valence-corrected chi connectivity index (χ4v) is 1.84. The minimum absolute atomic E-state index is 0.308. The van der Waals surface area contributed by atoms with Crippen molar-refractivity contribution in [2.45, 2.75) is 19.9 Å². The van der Waals surface area contributed by atoms with Crippen LogP contribution in [0.3, 0.4) is 0 Å². The molecule has 1 N–H and O–H groups in total. The lowest BCUT2D eigenvalue weighted by Gasteiger charge is -2.07. The molecule has 3 aromatic rings. The van der Waals surface area contributed by atoms with E-state index in [4.69, 9.17) is 5.26 Å². The molecule has 0 aliphatic heterocycles. The Morgan fingerprint density at radius 2 is 2.00 bits per heavy atom. The smallest absolute Gasteiger partial charge is 0.222 e. The molecular formula is C17H19N7. The lowest BCUT2D eigenvalue weighted by Crippen LogP contribution is -2.13. The third kappa shape index (κ3) is 5.85. The number of nitrogens with zero attached hydrogens (tertiary/aromatic N) is 6. The van der Waals surface area contributed by atoms with Crippen molar-refractivity contribution < 1.29 is 0 Å². The predicted octanol–water partition coefficient (Wildman–Crippen LogP) is 2.24. The van der Waals surface area contributed by atoms with E-state index >= 15 is 0 Å². The van der Waals surface area contributed by atoms with Gasteiger partial charge in [0.05, 0.1) is 24.7 Å². The average molecular weight is 321 g/mol. The van der Waals surface area contributed by atoms with Gasteiger partial charge in [-0.3, -0.25) is 9.67 Å². The molecule has 0 unspecified atom stereocenters. The number of aryl methyl sites for hydroxylation is 1. The van der Waals surface area contributed by atoms with E-state index in [1.54, 1.807) is 24.8 Å². The molecular weight excluding hydrogens is 302 g/mol. The van der Waals surface area contributed by atoms with Crippen LogP contribution >= 0.6 is 0 Å². The number of pyridine rings is 1. The molecule has 7 heteroatoms. The van der Waals surface area contributed by atoms with Crippen LogP contribution in [0.2, 0.25) is 0 Å². The maximum atomic E-state index is 8.69. The monoisotopic (exact) mass is 321 g/mol. The van der Waals surface area contributed by atoms with Crippen molar-refractivity contribution in [1.29, 1.82) is 5.26 Å². The van der Waals surface area contributed by atoms with Crippen LogP contribution in [-0.4, -0.2) is 31.3 Å². The third-order valence-electron chi connectivity index (χ3n) is 3.07. The van der Waals surface area contributed by atoms with Gasteiger partial charge in [0.25, 0.3) is 0 Å². The number of hydrogen-bond donors (Lipinski definition) is 1. The summed E-state index contributed by atoms with van der Waals surface area (Å²) >= 11 is 0. The standard InChI is InChI=1S/C12H14N6.C5H5N/c1-10-9-15-12(17-11(10)3-4-13)14-6-8-18-7-2-5-16-18;1-2-4-6-5-3-1/h2,5,7,9H,3,6,8H2,1H3,(H,14,15,17);1-5H. The van der Waals surface area contributed by atoms with E-state index in [-0.39, 0.29) is 0 Å². The first-order valence-electron chi connectivity index (χ1n) is 7.55. The Kier molecular flexibility index (Phi) is 6.90. The first kappa shape index (κ1) is 17.1. The molecule has 3 heterocycles. The Hall–Kier alpha value is -3.27. The Labute approximate surface area is 141 Å². The number of nitrogens with one attached hydrogen (secondary N) is 1. The quantitative estimate of drug-likeness (QED) is 0.775. The van der Waals surface area contributed by atoms with Crippen LogP contribution in [0.15, 0.2) is 55.2 Å². The molecule has 0 aromatic carbocycles. The second-order valence-electron chi connectivity index (χ2n) is 4.88. The molecule has 0 aliphatic rings. The van der Waals surface area contributed by atoms with Crippen molar-refractivity contribution in [2.75, 3.05) is 11.9 Å². The highest BCUT2D eigenvalue weighted by Gasteiger charge is 2.03. The van der Waals surface area contributed by atoms with Gasteiger partial charge in [0.1, 0.15) is 0 Å². The Bertz CT molecular complexity index is 722. The van der Waals surface area contributed by atoms with Gasteiger partial charge in [0.15, 0.2) is 0 Å². The summed E-state index contributed by atoms with van der Waals surface area (Å²) in [6.45, 7) is 3.34. The predicted molar refractivity (Wildman–Crippen MR) is 91.0 cm³/mol. The second kappa shape index (κ2) is 9.69.